The molecule has 1 atom stereocenters. The third kappa shape index (κ3) is 3.01. The normalized spacial score (nSPS) is 17.2. The molecule has 0 amide bonds. The maximum absolute atomic E-state index is 4.81. The second-order valence-corrected chi connectivity index (χ2v) is 7.29. The van der Waals surface area contributed by atoms with Crippen LogP contribution in [0.4, 0.5) is 5.82 Å². The van der Waals surface area contributed by atoms with Crippen molar-refractivity contribution < 1.29 is 0 Å². The Hall–Kier alpha value is -3.28. The molecule has 28 heavy (non-hydrogen) atoms. The lowest BCUT2D eigenvalue weighted by molar-refractivity contribution is 0.478. The quantitative estimate of drug-likeness (QED) is 0.540. The summed E-state index contributed by atoms with van der Waals surface area (Å²) >= 11 is 0. The first-order valence-corrected chi connectivity index (χ1v) is 9.80. The van der Waals surface area contributed by atoms with Crippen LogP contribution in [0.2, 0.25) is 0 Å². The molecule has 0 aliphatic carbocycles. The largest absolute Gasteiger partial charge is 0.354 e. The van der Waals surface area contributed by atoms with Crippen LogP contribution in [-0.4, -0.2) is 37.2 Å². The van der Waals surface area contributed by atoms with Crippen molar-refractivity contribution in [2.45, 2.75) is 32.2 Å². The van der Waals surface area contributed by atoms with E-state index in [4.69, 9.17) is 15.1 Å². The maximum atomic E-state index is 4.81. The monoisotopic (exact) mass is 370 g/mol. The van der Waals surface area contributed by atoms with Gasteiger partial charge in [0, 0.05) is 42.2 Å². The SMILES string of the molecule is CC1CCCCN1c1cc(-c2ccccc2)nc2nc(-c3cccnc3)nn12. The van der Waals surface area contributed by atoms with Gasteiger partial charge in [0.1, 0.15) is 5.82 Å². The molecule has 6 heteroatoms. The number of nitrogens with zero attached hydrogens (tertiary/aromatic N) is 6. The van der Waals surface area contributed by atoms with Crippen LogP contribution in [-0.2, 0) is 0 Å². The van der Waals surface area contributed by atoms with Crippen LogP contribution in [0.3, 0.4) is 0 Å². The molecular weight excluding hydrogens is 348 g/mol. The Balaban J connectivity index is 1.71. The van der Waals surface area contributed by atoms with E-state index in [-0.39, 0.29) is 0 Å². The number of fused-ring (bicyclic) bond motifs is 1. The molecule has 4 aromatic rings. The van der Waals surface area contributed by atoms with E-state index in [1.807, 2.05) is 34.8 Å². The van der Waals surface area contributed by atoms with Crippen molar-refractivity contribution in [3.05, 3.63) is 60.9 Å². The summed E-state index contributed by atoms with van der Waals surface area (Å²) in [5, 5.41) is 4.79. The first-order valence-electron chi connectivity index (χ1n) is 9.80. The molecule has 3 aromatic heterocycles. The molecule has 0 N–H and O–H groups in total. The minimum Gasteiger partial charge on any atom is -0.354 e. The summed E-state index contributed by atoms with van der Waals surface area (Å²) in [6.45, 7) is 3.31. The van der Waals surface area contributed by atoms with E-state index in [1.54, 1.807) is 12.4 Å². The summed E-state index contributed by atoms with van der Waals surface area (Å²) in [5.74, 6) is 2.32. The molecule has 4 heterocycles. The van der Waals surface area contributed by atoms with Crippen LogP contribution in [0.1, 0.15) is 26.2 Å². The highest BCUT2D eigenvalue weighted by molar-refractivity contribution is 5.67. The Kier molecular flexibility index (Phi) is 4.24. The summed E-state index contributed by atoms with van der Waals surface area (Å²) in [7, 11) is 0. The summed E-state index contributed by atoms with van der Waals surface area (Å²) < 4.78 is 1.89. The topological polar surface area (TPSA) is 59.2 Å². The predicted molar refractivity (Wildman–Crippen MR) is 110 cm³/mol. The summed E-state index contributed by atoms with van der Waals surface area (Å²) in [5.41, 5.74) is 2.90. The van der Waals surface area contributed by atoms with Crippen LogP contribution in [0.5, 0.6) is 0 Å². The zero-order valence-electron chi connectivity index (χ0n) is 15.9. The molecule has 0 saturated carbocycles. The highest BCUT2D eigenvalue weighted by Gasteiger charge is 2.23. The first-order chi connectivity index (χ1) is 13.8. The summed E-state index contributed by atoms with van der Waals surface area (Å²) in [6.07, 6.45) is 7.20. The highest BCUT2D eigenvalue weighted by Crippen LogP contribution is 2.29. The molecule has 1 unspecified atom stereocenters. The van der Waals surface area contributed by atoms with Crippen LogP contribution in [0, 0.1) is 0 Å². The molecule has 1 fully saturated rings. The Morgan fingerprint density at radius 2 is 1.82 bits per heavy atom. The van der Waals surface area contributed by atoms with Gasteiger partial charge in [0.2, 0.25) is 0 Å². The van der Waals surface area contributed by atoms with Crippen molar-refractivity contribution >= 4 is 11.6 Å². The molecule has 1 aliphatic rings. The van der Waals surface area contributed by atoms with Gasteiger partial charge in [-0.25, -0.2) is 4.98 Å². The smallest absolute Gasteiger partial charge is 0.255 e. The molecule has 0 spiro atoms. The number of anilines is 1. The van der Waals surface area contributed by atoms with E-state index in [0.29, 0.717) is 17.6 Å². The number of aromatic nitrogens is 5. The van der Waals surface area contributed by atoms with Gasteiger partial charge in [-0.2, -0.15) is 9.50 Å². The fraction of sp³-hybridized carbons (Fsp3) is 0.273. The zero-order chi connectivity index (χ0) is 18.9. The van der Waals surface area contributed by atoms with E-state index < -0.39 is 0 Å². The third-order valence-corrected chi connectivity index (χ3v) is 5.38. The third-order valence-electron chi connectivity index (χ3n) is 5.38. The Labute approximate surface area is 163 Å². The molecule has 0 bridgehead atoms. The number of pyridine rings is 1. The van der Waals surface area contributed by atoms with Gasteiger partial charge in [0.15, 0.2) is 5.82 Å². The Morgan fingerprint density at radius 3 is 2.61 bits per heavy atom. The zero-order valence-corrected chi connectivity index (χ0v) is 15.9. The van der Waals surface area contributed by atoms with Gasteiger partial charge in [-0.15, -0.1) is 5.10 Å². The number of hydrogen-bond acceptors (Lipinski definition) is 5. The van der Waals surface area contributed by atoms with Gasteiger partial charge in [-0.1, -0.05) is 30.3 Å². The van der Waals surface area contributed by atoms with Gasteiger partial charge >= 0.3 is 0 Å². The van der Waals surface area contributed by atoms with Crippen molar-refractivity contribution in [2.24, 2.45) is 0 Å². The minimum atomic E-state index is 0.467. The van der Waals surface area contributed by atoms with E-state index in [1.165, 1.54) is 19.3 Å². The standard InChI is InChI=1S/C22H22N6/c1-16-8-5-6-13-27(16)20-14-19(17-9-3-2-4-10-17)24-22-25-21(26-28(20)22)18-11-7-12-23-15-18/h2-4,7,9-12,14-16H,5-6,8,13H2,1H3. The Morgan fingerprint density at radius 1 is 0.964 bits per heavy atom. The number of hydrogen-bond donors (Lipinski definition) is 0. The lowest BCUT2D eigenvalue weighted by Gasteiger charge is -2.35. The summed E-state index contributed by atoms with van der Waals surface area (Å²) in [6, 6.07) is 16.7. The van der Waals surface area contributed by atoms with E-state index >= 15 is 0 Å². The van der Waals surface area contributed by atoms with Gasteiger partial charge in [-0.05, 0) is 38.3 Å². The van der Waals surface area contributed by atoms with Crippen molar-refractivity contribution in [1.82, 2.24) is 24.6 Å². The maximum Gasteiger partial charge on any atom is 0.255 e. The van der Waals surface area contributed by atoms with E-state index in [2.05, 4.69) is 35.0 Å². The summed E-state index contributed by atoms with van der Waals surface area (Å²) in [4.78, 5) is 16.2. The average molecular weight is 370 g/mol. The number of rotatable bonds is 3. The fourth-order valence-corrected chi connectivity index (χ4v) is 3.87. The van der Waals surface area contributed by atoms with Gasteiger partial charge in [0.05, 0.1) is 5.69 Å². The molecule has 140 valence electrons. The second-order valence-electron chi connectivity index (χ2n) is 7.29. The Bertz CT molecular complexity index is 1090. The van der Waals surface area contributed by atoms with Crippen LogP contribution in [0.15, 0.2) is 60.9 Å². The molecule has 1 saturated heterocycles. The molecule has 6 nitrogen and oxygen atoms in total. The van der Waals surface area contributed by atoms with Gasteiger partial charge in [0.25, 0.3) is 5.78 Å². The van der Waals surface area contributed by atoms with E-state index in [0.717, 1.165) is 29.2 Å². The van der Waals surface area contributed by atoms with Crippen LogP contribution >= 0.6 is 0 Å². The molecular formula is C22H22N6. The molecule has 1 aromatic carbocycles. The average Bonchev–Trinajstić information content (AvgIpc) is 3.19. The van der Waals surface area contributed by atoms with E-state index in [9.17, 15) is 0 Å². The predicted octanol–water partition coefficient (Wildman–Crippen LogP) is 4.23. The molecule has 5 rings (SSSR count). The molecule has 0 radical (unpaired) electrons. The lowest BCUT2D eigenvalue weighted by atomic mass is 10.0. The van der Waals surface area contributed by atoms with Crippen LogP contribution in [0.25, 0.3) is 28.4 Å². The molecule has 1 aliphatic heterocycles. The van der Waals surface area contributed by atoms with Crippen molar-refractivity contribution in [1.29, 1.82) is 0 Å². The minimum absolute atomic E-state index is 0.467. The first kappa shape index (κ1) is 16.9. The number of benzene rings is 1. The lowest BCUT2D eigenvalue weighted by Crippen LogP contribution is -2.38. The van der Waals surface area contributed by atoms with Crippen LogP contribution < -0.4 is 4.90 Å². The van der Waals surface area contributed by atoms with Crippen molar-refractivity contribution in [2.75, 3.05) is 11.4 Å². The number of piperidine rings is 1. The second kappa shape index (κ2) is 7.03. The van der Waals surface area contributed by atoms with Gasteiger partial charge < -0.3 is 4.90 Å². The van der Waals surface area contributed by atoms with Gasteiger partial charge in [-0.3, -0.25) is 4.98 Å². The fourth-order valence-electron chi connectivity index (χ4n) is 3.87. The van der Waals surface area contributed by atoms with Crippen molar-refractivity contribution in [3.63, 3.8) is 0 Å². The highest BCUT2D eigenvalue weighted by atomic mass is 15.4. The van der Waals surface area contributed by atoms with Crippen molar-refractivity contribution in [3.8, 4) is 22.6 Å².